The number of rotatable bonds is 3. The van der Waals surface area contributed by atoms with E-state index < -0.39 is 0 Å². The lowest BCUT2D eigenvalue weighted by Gasteiger charge is -2.35. The topological polar surface area (TPSA) is 15.3 Å². The highest BCUT2D eigenvalue weighted by molar-refractivity contribution is 9.10. The number of hydrogen-bond acceptors (Lipinski definition) is 3. The number of benzene rings is 1. The minimum Gasteiger partial charge on any atom is -0.314 e. The van der Waals surface area contributed by atoms with Crippen molar-refractivity contribution < 1.29 is 4.39 Å². The predicted octanol–water partition coefficient (Wildman–Crippen LogP) is 3.64. The predicted molar refractivity (Wildman–Crippen MR) is 84.7 cm³/mol. The van der Waals surface area contributed by atoms with Crippen molar-refractivity contribution in [1.29, 1.82) is 0 Å². The van der Waals surface area contributed by atoms with E-state index in [-0.39, 0.29) is 11.9 Å². The number of halogens is 2. The third-order valence-corrected chi connectivity index (χ3v) is 5.05. The zero-order chi connectivity index (χ0) is 13.9. The summed E-state index contributed by atoms with van der Waals surface area (Å²) in [5, 5.41) is 7.61. The van der Waals surface area contributed by atoms with Crippen LogP contribution in [-0.4, -0.2) is 31.1 Å². The fraction of sp³-hybridized carbons (Fsp3) is 0.333. The van der Waals surface area contributed by atoms with Crippen molar-refractivity contribution >= 4 is 27.3 Å². The third kappa shape index (κ3) is 2.96. The van der Waals surface area contributed by atoms with Crippen LogP contribution in [0.3, 0.4) is 0 Å². The molecule has 1 aliphatic heterocycles. The summed E-state index contributed by atoms with van der Waals surface area (Å²) in [4.78, 5) is 2.41. The highest BCUT2D eigenvalue weighted by Crippen LogP contribution is 2.35. The Morgan fingerprint density at radius 3 is 2.75 bits per heavy atom. The van der Waals surface area contributed by atoms with Crippen LogP contribution in [0, 0.1) is 5.82 Å². The Morgan fingerprint density at radius 1 is 1.25 bits per heavy atom. The maximum absolute atomic E-state index is 13.7. The molecule has 5 heteroatoms. The van der Waals surface area contributed by atoms with Gasteiger partial charge in [-0.2, -0.15) is 11.3 Å². The van der Waals surface area contributed by atoms with Crippen molar-refractivity contribution in [3.05, 3.63) is 56.4 Å². The van der Waals surface area contributed by atoms with Crippen LogP contribution in [-0.2, 0) is 0 Å². The molecule has 1 fully saturated rings. The maximum Gasteiger partial charge on any atom is 0.123 e. The molecule has 0 unspecified atom stereocenters. The first-order valence-corrected chi connectivity index (χ1v) is 8.41. The molecule has 1 aliphatic rings. The van der Waals surface area contributed by atoms with Crippen LogP contribution in [0.4, 0.5) is 4.39 Å². The Hall–Kier alpha value is -0.750. The highest BCUT2D eigenvalue weighted by atomic mass is 79.9. The van der Waals surface area contributed by atoms with Gasteiger partial charge < -0.3 is 5.32 Å². The molecule has 0 saturated carbocycles. The average Bonchev–Trinajstić information content (AvgIpc) is 2.98. The van der Waals surface area contributed by atoms with E-state index in [2.05, 4.69) is 43.0 Å². The molecule has 1 aromatic heterocycles. The summed E-state index contributed by atoms with van der Waals surface area (Å²) in [7, 11) is 0. The molecule has 2 heterocycles. The Bertz CT molecular complexity index is 567. The molecule has 3 rings (SSSR count). The molecule has 106 valence electrons. The van der Waals surface area contributed by atoms with Crippen LogP contribution < -0.4 is 5.32 Å². The molecule has 0 radical (unpaired) electrons. The van der Waals surface area contributed by atoms with Gasteiger partial charge in [-0.3, -0.25) is 4.90 Å². The van der Waals surface area contributed by atoms with Gasteiger partial charge in [-0.1, -0.05) is 15.9 Å². The highest BCUT2D eigenvalue weighted by Gasteiger charge is 2.26. The Labute approximate surface area is 130 Å². The second kappa shape index (κ2) is 6.35. The molecule has 0 spiro atoms. The van der Waals surface area contributed by atoms with Crippen molar-refractivity contribution in [2.45, 2.75) is 6.04 Å². The fourth-order valence-electron chi connectivity index (χ4n) is 2.68. The van der Waals surface area contributed by atoms with Crippen LogP contribution in [0.25, 0.3) is 0 Å². The van der Waals surface area contributed by atoms with Gasteiger partial charge in [0.1, 0.15) is 5.82 Å². The van der Waals surface area contributed by atoms with Crippen molar-refractivity contribution in [1.82, 2.24) is 10.2 Å². The third-order valence-electron chi connectivity index (χ3n) is 3.63. The lowest BCUT2D eigenvalue weighted by Crippen LogP contribution is -2.45. The van der Waals surface area contributed by atoms with Gasteiger partial charge in [-0.25, -0.2) is 4.39 Å². The summed E-state index contributed by atoms with van der Waals surface area (Å²) in [5.41, 5.74) is 2.24. The van der Waals surface area contributed by atoms with Crippen molar-refractivity contribution in [2.75, 3.05) is 26.2 Å². The standard InChI is InChI=1S/C15H16BrFN2S/c16-14-2-1-12(17)9-13(14)15(11-3-8-20-10-11)19-6-4-18-5-7-19/h1-3,8-10,15,18H,4-7H2/t15-/m1/s1. The van der Waals surface area contributed by atoms with E-state index in [0.717, 1.165) is 36.2 Å². The van der Waals surface area contributed by atoms with E-state index in [1.54, 1.807) is 23.5 Å². The van der Waals surface area contributed by atoms with E-state index in [1.807, 2.05) is 0 Å². The molecular weight excluding hydrogens is 339 g/mol. The molecule has 1 atom stereocenters. The molecule has 2 aromatic rings. The molecule has 0 amide bonds. The normalized spacial score (nSPS) is 18.1. The van der Waals surface area contributed by atoms with Gasteiger partial charge in [0.25, 0.3) is 0 Å². The van der Waals surface area contributed by atoms with E-state index >= 15 is 0 Å². The fourth-order valence-corrected chi connectivity index (χ4v) is 3.82. The van der Waals surface area contributed by atoms with Crippen LogP contribution in [0.5, 0.6) is 0 Å². The second-order valence-corrected chi connectivity index (χ2v) is 6.55. The van der Waals surface area contributed by atoms with E-state index in [1.165, 1.54) is 11.6 Å². The minimum atomic E-state index is -0.182. The largest absolute Gasteiger partial charge is 0.314 e. The van der Waals surface area contributed by atoms with Crippen LogP contribution in [0.1, 0.15) is 17.2 Å². The van der Waals surface area contributed by atoms with Gasteiger partial charge in [-0.15, -0.1) is 0 Å². The zero-order valence-corrected chi connectivity index (χ0v) is 13.4. The molecule has 1 aromatic carbocycles. The molecule has 1 saturated heterocycles. The van der Waals surface area contributed by atoms with Gasteiger partial charge >= 0.3 is 0 Å². The summed E-state index contributed by atoms with van der Waals surface area (Å²) in [6.07, 6.45) is 0. The zero-order valence-electron chi connectivity index (χ0n) is 11.0. The number of nitrogens with one attached hydrogen (secondary N) is 1. The average molecular weight is 355 g/mol. The molecule has 1 N–H and O–H groups in total. The van der Waals surface area contributed by atoms with Crippen molar-refractivity contribution in [2.24, 2.45) is 0 Å². The summed E-state index contributed by atoms with van der Waals surface area (Å²) in [6.45, 7) is 3.91. The summed E-state index contributed by atoms with van der Waals surface area (Å²) >= 11 is 5.26. The first-order valence-electron chi connectivity index (χ1n) is 6.67. The smallest absolute Gasteiger partial charge is 0.123 e. The maximum atomic E-state index is 13.7. The summed E-state index contributed by atoms with van der Waals surface area (Å²) < 4.78 is 14.6. The van der Waals surface area contributed by atoms with Gasteiger partial charge in [0.15, 0.2) is 0 Å². The van der Waals surface area contributed by atoms with Crippen LogP contribution >= 0.6 is 27.3 Å². The van der Waals surface area contributed by atoms with Crippen LogP contribution in [0.15, 0.2) is 39.5 Å². The lowest BCUT2D eigenvalue weighted by molar-refractivity contribution is 0.198. The summed E-state index contributed by atoms with van der Waals surface area (Å²) in [5.74, 6) is -0.182. The molecule has 2 nitrogen and oxygen atoms in total. The monoisotopic (exact) mass is 354 g/mol. The summed E-state index contributed by atoms with van der Waals surface area (Å²) in [6, 6.07) is 7.19. The van der Waals surface area contributed by atoms with Crippen molar-refractivity contribution in [3.8, 4) is 0 Å². The Kier molecular flexibility index (Phi) is 4.51. The minimum absolute atomic E-state index is 0.119. The lowest BCUT2D eigenvalue weighted by atomic mass is 9.98. The molecule has 0 bridgehead atoms. The van der Waals surface area contributed by atoms with E-state index in [9.17, 15) is 4.39 Å². The number of hydrogen-bond donors (Lipinski definition) is 1. The SMILES string of the molecule is Fc1ccc(Br)c([C@@H](c2ccsc2)N2CCNCC2)c1. The first-order chi connectivity index (χ1) is 9.75. The number of thiophene rings is 1. The molecule has 20 heavy (non-hydrogen) atoms. The van der Waals surface area contributed by atoms with Gasteiger partial charge in [0.05, 0.1) is 6.04 Å². The van der Waals surface area contributed by atoms with E-state index in [0.29, 0.717) is 0 Å². The number of nitrogens with zero attached hydrogens (tertiary/aromatic N) is 1. The van der Waals surface area contributed by atoms with Gasteiger partial charge in [0, 0.05) is 30.7 Å². The van der Waals surface area contributed by atoms with Gasteiger partial charge in [0.2, 0.25) is 0 Å². The molecular formula is C15H16BrFN2S. The second-order valence-electron chi connectivity index (χ2n) is 4.91. The Balaban J connectivity index is 2.02. The van der Waals surface area contributed by atoms with Crippen LogP contribution in [0.2, 0.25) is 0 Å². The van der Waals surface area contributed by atoms with Crippen molar-refractivity contribution in [3.63, 3.8) is 0 Å². The quantitative estimate of drug-likeness (QED) is 0.904. The van der Waals surface area contributed by atoms with Gasteiger partial charge in [-0.05, 0) is 46.2 Å². The number of piperazine rings is 1. The Morgan fingerprint density at radius 2 is 2.05 bits per heavy atom. The molecule has 0 aliphatic carbocycles. The van der Waals surface area contributed by atoms with E-state index in [4.69, 9.17) is 0 Å². The first kappa shape index (κ1) is 14.2.